The summed E-state index contributed by atoms with van der Waals surface area (Å²) < 4.78 is 0. The number of hydrogen-bond acceptors (Lipinski definition) is 3. The van der Waals surface area contributed by atoms with E-state index in [0.29, 0.717) is 24.4 Å². The van der Waals surface area contributed by atoms with Gasteiger partial charge in [0.15, 0.2) is 0 Å². The van der Waals surface area contributed by atoms with E-state index in [1.54, 1.807) is 0 Å². The van der Waals surface area contributed by atoms with Gasteiger partial charge in [0.05, 0.1) is 6.54 Å². The lowest BCUT2D eigenvalue weighted by molar-refractivity contribution is -0.122. The number of likely N-dealkylation sites (tertiary alicyclic amines) is 1. The van der Waals surface area contributed by atoms with E-state index in [-0.39, 0.29) is 5.91 Å². The standard InChI is InChI=1S/C14H29N3O/c1-4-12-9-17(8-6-13(12)15)10-14(18)16-7-5-11(2)3/h11-13H,4-10,15H2,1-3H3,(H,16,18). The molecule has 3 N–H and O–H groups in total. The molecule has 1 heterocycles. The molecule has 1 saturated heterocycles. The number of rotatable bonds is 6. The lowest BCUT2D eigenvalue weighted by Gasteiger charge is -2.36. The minimum absolute atomic E-state index is 0.154. The Labute approximate surface area is 111 Å². The number of amides is 1. The minimum atomic E-state index is 0.154. The van der Waals surface area contributed by atoms with Crippen molar-refractivity contribution in [2.45, 2.75) is 46.1 Å². The molecule has 0 saturated carbocycles. The van der Waals surface area contributed by atoms with Crippen LogP contribution in [0.15, 0.2) is 0 Å². The van der Waals surface area contributed by atoms with Crippen LogP contribution >= 0.6 is 0 Å². The smallest absolute Gasteiger partial charge is 0.234 e. The van der Waals surface area contributed by atoms with Crippen molar-refractivity contribution >= 4 is 5.91 Å². The maximum Gasteiger partial charge on any atom is 0.234 e. The molecule has 106 valence electrons. The average molecular weight is 255 g/mol. The highest BCUT2D eigenvalue weighted by atomic mass is 16.2. The molecule has 1 aliphatic rings. The lowest BCUT2D eigenvalue weighted by Crippen LogP contribution is -2.49. The largest absolute Gasteiger partial charge is 0.355 e. The van der Waals surface area contributed by atoms with Crippen molar-refractivity contribution in [1.29, 1.82) is 0 Å². The van der Waals surface area contributed by atoms with Crippen LogP contribution < -0.4 is 11.1 Å². The van der Waals surface area contributed by atoms with Crippen LogP contribution in [0.2, 0.25) is 0 Å². The predicted octanol–water partition coefficient (Wildman–Crippen LogP) is 1.21. The topological polar surface area (TPSA) is 58.4 Å². The van der Waals surface area contributed by atoms with Crippen LogP contribution in [0.5, 0.6) is 0 Å². The van der Waals surface area contributed by atoms with Crippen molar-refractivity contribution in [3.05, 3.63) is 0 Å². The fraction of sp³-hybridized carbons (Fsp3) is 0.929. The van der Waals surface area contributed by atoms with E-state index in [0.717, 1.165) is 38.9 Å². The first kappa shape index (κ1) is 15.4. The minimum Gasteiger partial charge on any atom is -0.355 e. The number of carbonyl (C=O) groups excluding carboxylic acids is 1. The third-order valence-corrected chi connectivity index (χ3v) is 3.81. The third kappa shape index (κ3) is 5.36. The van der Waals surface area contributed by atoms with Crippen molar-refractivity contribution in [3.63, 3.8) is 0 Å². The van der Waals surface area contributed by atoms with Crippen LogP contribution in [0.25, 0.3) is 0 Å². The molecule has 0 radical (unpaired) electrons. The first-order valence-electron chi connectivity index (χ1n) is 7.27. The Hall–Kier alpha value is -0.610. The van der Waals surface area contributed by atoms with Gasteiger partial charge in [-0.05, 0) is 24.7 Å². The molecule has 18 heavy (non-hydrogen) atoms. The zero-order chi connectivity index (χ0) is 13.5. The van der Waals surface area contributed by atoms with Crippen molar-refractivity contribution in [2.75, 3.05) is 26.2 Å². The normalized spacial score (nSPS) is 25.4. The second-order valence-corrected chi connectivity index (χ2v) is 5.89. The molecule has 0 aromatic heterocycles. The zero-order valence-electron chi connectivity index (χ0n) is 12.1. The Bertz CT molecular complexity index is 255. The van der Waals surface area contributed by atoms with E-state index in [2.05, 4.69) is 31.0 Å². The third-order valence-electron chi connectivity index (χ3n) is 3.81. The highest BCUT2D eigenvalue weighted by molar-refractivity contribution is 5.77. The first-order valence-corrected chi connectivity index (χ1v) is 7.27. The molecule has 1 fully saturated rings. The average Bonchev–Trinajstić information content (AvgIpc) is 2.31. The second-order valence-electron chi connectivity index (χ2n) is 5.89. The summed E-state index contributed by atoms with van der Waals surface area (Å²) in [6.07, 6.45) is 3.17. The quantitative estimate of drug-likeness (QED) is 0.750. The summed E-state index contributed by atoms with van der Waals surface area (Å²) in [7, 11) is 0. The van der Waals surface area contributed by atoms with Crippen LogP contribution in [-0.2, 0) is 4.79 Å². The fourth-order valence-corrected chi connectivity index (χ4v) is 2.46. The van der Waals surface area contributed by atoms with Crippen molar-refractivity contribution in [1.82, 2.24) is 10.2 Å². The summed E-state index contributed by atoms with van der Waals surface area (Å²) in [6.45, 7) is 9.76. The van der Waals surface area contributed by atoms with Gasteiger partial charge in [-0.15, -0.1) is 0 Å². The Balaban J connectivity index is 2.23. The Morgan fingerprint density at radius 3 is 2.83 bits per heavy atom. The van der Waals surface area contributed by atoms with Gasteiger partial charge in [0.1, 0.15) is 0 Å². The summed E-state index contributed by atoms with van der Waals surface area (Å²) >= 11 is 0. The van der Waals surface area contributed by atoms with E-state index >= 15 is 0 Å². The van der Waals surface area contributed by atoms with E-state index in [4.69, 9.17) is 5.73 Å². The van der Waals surface area contributed by atoms with Gasteiger partial charge in [0.2, 0.25) is 5.91 Å². The van der Waals surface area contributed by atoms with Crippen LogP contribution in [0.1, 0.15) is 40.0 Å². The highest BCUT2D eigenvalue weighted by Gasteiger charge is 2.26. The molecular weight excluding hydrogens is 226 g/mol. The summed E-state index contributed by atoms with van der Waals surface area (Å²) in [6, 6.07) is 0.315. The van der Waals surface area contributed by atoms with Gasteiger partial charge in [-0.1, -0.05) is 27.2 Å². The number of hydrogen-bond donors (Lipinski definition) is 2. The van der Waals surface area contributed by atoms with Crippen LogP contribution in [0.4, 0.5) is 0 Å². The number of carbonyl (C=O) groups is 1. The molecule has 4 nitrogen and oxygen atoms in total. The van der Waals surface area contributed by atoms with Gasteiger partial charge in [-0.2, -0.15) is 0 Å². The van der Waals surface area contributed by atoms with Gasteiger partial charge < -0.3 is 11.1 Å². The fourth-order valence-electron chi connectivity index (χ4n) is 2.46. The van der Waals surface area contributed by atoms with E-state index < -0.39 is 0 Å². The summed E-state index contributed by atoms with van der Waals surface area (Å²) in [5, 5.41) is 2.99. The summed E-state index contributed by atoms with van der Waals surface area (Å²) in [5.41, 5.74) is 6.07. The van der Waals surface area contributed by atoms with Crippen molar-refractivity contribution in [2.24, 2.45) is 17.6 Å². The van der Waals surface area contributed by atoms with Crippen molar-refractivity contribution < 1.29 is 4.79 Å². The van der Waals surface area contributed by atoms with Gasteiger partial charge in [0, 0.05) is 25.7 Å². The molecule has 1 rings (SSSR count). The molecule has 0 spiro atoms. The first-order chi connectivity index (χ1) is 8.52. The molecule has 0 aliphatic carbocycles. The molecular formula is C14H29N3O. The lowest BCUT2D eigenvalue weighted by atomic mass is 9.91. The maximum atomic E-state index is 11.8. The molecule has 1 amide bonds. The summed E-state index contributed by atoms with van der Waals surface area (Å²) in [4.78, 5) is 14.0. The molecule has 1 aliphatic heterocycles. The number of nitrogens with two attached hydrogens (primary N) is 1. The Morgan fingerprint density at radius 1 is 1.50 bits per heavy atom. The predicted molar refractivity (Wildman–Crippen MR) is 75.3 cm³/mol. The maximum absolute atomic E-state index is 11.8. The number of piperidine rings is 1. The number of nitrogens with one attached hydrogen (secondary N) is 1. The van der Waals surface area contributed by atoms with Crippen LogP contribution in [-0.4, -0.2) is 43.0 Å². The highest BCUT2D eigenvalue weighted by Crippen LogP contribution is 2.17. The second kappa shape index (κ2) is 7.74. The van der Waals surface area contributed by atoms with E-state index in [9.17, 15) is 4.79 Å². The molecule has 0 aromatic carbocycles. The Morgan fingerprint density at radius 2 is 2.22 bits per heavy atom. The van der Waals surface area contributed by atoms with Crippen molar-refractivity contribution in [3.8, 4) is 0 Å². The van der Waals surface area contributed by atoms with E-state index in [1.807, 2.05) is 0 Å². The van der Waals surface area contributed by atoms with Crippen LogP contribution in [0, 0.1) is 11.8 Å². The van der Waals surface area contributed by atoms with Gasteiger partial charge in [-0.25, -0.2) is 0 Å². The van der Waals surface area contributed by atoms with Gasteiger partial charge in [0.25, 0.3) is 0 Å². The molecule has 0 aromatic rings. The Kier molecular flexibility index (Phi) is 6.65. The molecule has 0 bridgehead atoms. The van der Waals surface area contributed by atoms with Gasteiger partial charge >= 0.3 is 0 Å². The number of nitrogens with zero attached hydrogens (tertiary/aromatic N) is 1. The van der Waals surface area contributed by atoms with Crippen LogP contribution in [0.3, 0.4) is 0 Å². The summed E-state index contributed by atoms with van der Waals surface area (Å²) in [5.74, 6) is 1.34. The van der Waals surface area contributed by atoms with Gasteiger partial charge in [-0.3, -0.25) is 9.69 Å². The molecule has 2 unspecified atom stereocenters. The monoisotopic (exact) mass is 255 g/mol. The molecule has 4 heteroatoms. The zero-order valence-corrected chi connectivity index (χ0v) is 12.1. The molecule has 2 atom stereocenters. The van der Waals surface area contributed by atoms with E-state index in [1.165, 1.54) is 0 Å². The SMILES string of the molecule is CCC1CN(CC(=O)NCCC(C)C)CCC1N.